The van der Waals surface area contributed by atoms with Crippen molar-refractivity contribution < 1.29 is 19.0 Å². The van der Waals surface area contributed by atoms with Crippen molar-refractivity contribution in [3.8, 4) is 17.2 Å². The Balaban J connectivity index is 1.73. The Morgan fingerprint density at radius 1 is 1.00 bits per heavy atom. The predicted molar refractivity (Wildman–Crippen MR) is 138 cm³/mol. The third-order valence-corrected chi connectivity index (χ3v) is 7.27. The maximum absolute atomic E-state index is 13.5. The number of ether oxygens (including phenoxy) is 3. The molecule has 0 bridgehead atoms. The van der Waals surface area contributed by atoms with Gasteiger partial charge in [0.1, 0.15) is 5.00 Å². The summed E-state index contributed by atoms with van der Waals surface area (Å²) in [5.41, 5.74) is 5.57. The number of carbonyl (C=O) groups excluding carboxylic acids is 1. The van der Waals surface area contributed by atoms with Crippen molar-refractivity contribution in [2.24, 2.45) is 4.99 Å². The number of thiophene rings is 1. The third kappa shape index (κ3) is 4.66. The lowest BCUT2D eigenvalue weighted by molar-refractivity contribution is 0.102. The standard InChI is InChI=1S/C27H30N2O4S/c1-16-10-12-20(17(2)14-16)29-26(30)23-19-8-6-7-9-22(19)34-27(23)28-15-18-11-13-21(31-3)25(33-5)24(18)32-4/h10-15H,6-9H2,1-5H3,(H,29,30)/b28-15+. The zero-order valence-corrected chi connectivity index (χ0v) is 21.1. The first-order valence-electron chi connectivity index (χ1n) is 11.3. The zero-order chi connectivity index (χ0) is 24.2. The lowest BCUT2D eigenvalue weighted by Crippen LogP contribution is -2.15. The van der Waals surface area contributed by atoms with Crippen LogP contribution in [0.25, 0.3) is 0 Å². The van der Waals surface area contributed by atoms with E-state index in [-0.39, 0.29) is 5.91 Å². The smallest absolute Gasteiger partial charge is 0.259 e. The van der Waals surface area contributed by atoms with Gasteiger partial charge in [-0.2, -0.15) is 0 Å². The van der Waals surface area contributed by atoms with E-state index in [4.69, 9.17) is 19.2 Å². The van der Waals surface area contributed by atoms with Crippen LogP contribution in [0.3, 0.4) is 0 Å². The molecule has 0 fully saturated rings. The van der Waals surface area contributed by atoms with Gasteiger partial charge in [0.25, 0.3) is 5.91 Å². The van der Waals surface area contributed by atoms with Crippen LogP contribution in [0.1, 0.15) is 50.3 Å². The molecule has 0 unspecified atom stereocenters. The van der Waals surface area contributed by atoms with Crippen LogP contribution < -0.4 is 19.5 Å². The van der Waals surface area contributed by atoms with Crippen molar-refractivity contribution in [1.29, 1.82) is 0 Å². The maximum atomic E-state index is 13.5. The van der Waals surface area contributed by atoms with Gasteiger partial charge in [-0.25, -0.2) is 4.99 Å². The molecule has 0 atom stereocenters. The Kier molecular flexibility index (Phi) is 7.22. The quantitative estimate of drug-likeness (QED) is 0.406. The molecule has 1 heterocycles. The van der Waals surface area contributed by atoms with Crippen LogP contribution in [0.15, 0.2) is 35.3 Å². The average molecular weight is 479 g/mol. The van der Waals surface area contributed by atoms with Gasteiger partial charge in [0, 0.05) is 22.3 Å². The summed E-state index contributed by atoms with van der Waals surface area (Å²) in [6, 6.07) is 9.72. The number of aliphatic imine (C=N–C) groups is 1. The van der Waals surface area contributed by atoms with Crippen LogP contribution in [-0.4, -0.2) is 33.5 Å². The molecule has 4 rings (SSSR count). The second-order valence-electron chi connectivity index (χ2n) is 8.35. The minimum absolute atomic E-state index is 0.113. The fraction of sp³-hybridized carbons (Fsp3) is 0.333. The van der Waals surface area contributed by atoms with E-state index < -0.39 is 0 Å². The van der Waals surface area contributed by atoms with E-state index in [2.05, 4.69) is 11.4 Å². The van der Waals surface area contributed by atoms with Crippen LogP contribution in [0.2, 0.25) is 0 Å². The highest BCUT2D eigenvalue weighted by Crippen LogP contribution is 2.42. The number of carbonyl (C=O) groups is 1. The lowest BCUT2D eigenvalue weighted by Gasteiger charge is -2.14. The van der Waals surface area contributed by atoms with Gasteiger partial charge in [0.2, 0.25) is 5.75 Å². The van der Waals surface area contributed by atoms with Crippen LogP contribution in [0, 0.1) is 13.8 Å². The monoisotopic (exact) mass is 478 g/mol. The molecule has 2 aromatic carbocycles. The van der Waals surface area contributed by atoms with E-state index in [1.165, 1.54) is 4.88 Å². The number of rotatable bonds is 7. The molecule has 1 aromatic heterocycles. The molecule has 0 aliphatic heterocycles. The predicted octanol–water partition coefficient (Wildman–Crippen LogP) is 6.27. The van der Waals surface area contributed by atoms with Crippen LogP contribution in [0.5, 0.6) is 17.2 Å². The molecule has 0 radical (unpaired) electrons. The second-order valence-corrected chi connectivity index (χ2v) is 9.43. The Hall–Kier alpha value is -3.32. The van der Waals surface area contributed by atoms with Gasteiger partial charge >= 0.3 is 0 Å². The summed E-state index contributed by atoms with van der Waals surface area (Å²) >= 11 is 1.60. The molecule has 0 saturated carbocycles. The van der Waals surface area contributed by atoms with Gasteiger partial charge in [0.05, 0.1) is 26.9 Å². The van der Waals surface area contributed by atoms with Gasteiger partial charge in [-0.1, -0.05) is 17.7 Å². The molecular weight excluding hydrogens is 448 g/mol. The Morgan fingerprint density at radius 3 is 2.47 bits per heavy atom. The minimum Gasteiger partial charge on any atom is -0.493 e. The van der Waals surface area contributed by atoms with Crippen LogP contribution in [-0.2, 0) is 12.8 Å². The first-order valence-corrected chi connectivity index (χ1v) is 12.1. The highest BCUT2D eigenvalue weighted by Gasteiger charge is 2.26. The number of hydrogen-bond acceptors (Lipinski definition) is 6. The SMILES string of the molecule is COc1ccc(/C=N/c2sc3c(c2C(=O)Nc2ccc(C)cc2C)CCCC3)c(OC)c1OC. The molecule has 3 aromatic rings. The number of amides is 1. The summed E-state index contributed by atoms with van der Waals surface area (Å²) in [7, 11) is 4.74. The summed E-state index contributed by atoms with van der Waals surface area (Å²) in [6.45, 7) is 4.05. The molecule has 1 N–H and O–H groups in total. The van der Waals surface area contributed by atoms with Crippen molar-refractivity contribution in [1.82, 2.24) is 0 Å². The summed E-state index contributed by atoms with van der Waals surface area (Å²) in [6.07, 6.45) is 5.83. The van der Waals surface area contributed by atoms with Crippen LogP contribution in [0.4, 0.5) is 10.7 Å². The lowest BCUT2D eigenvalue weighted by atomic mass is 9.95. The van der Waals surface area contributed by atoms with Crippen LogP contribution >= 0.6 is 11.3 Å². The molecule has 1 aliphatic rings. The molecule has 0 spiro atoms. The maximum Gasteiger partial charge on any atom is 0.259 e. The number of hydrogen-bond donors (Lipinski definition) is 1. The Labute approximate surface area is 204 Å². The average Bonchev–Trinajstić information content (AvgIpc) is 3.22. The first-order chi connectivity index (χ1) is 16.5. The highest BCUT2D eigenvalue weighted by atomic mass is 32.1. The Morgan fingerprint density at radius 2 is 1.76 bits per heavy atom. The highest BCUT2D eigenvalue weighted by molar-refractivity contribution is 7.16. The molecule has 178 valence electrons. The summed E-state index contributed by atoms with van der Waals surface area (Å²) in [5, 5.41) is 3.83. The van der Waals surface area contributed by atoms with Gasteiger partial charge in [0.15, 0.2) is 11.5 Å². The molecular formula is C27H30N2O4S. The van der Waals surface area contributed by atoms with Gasteiger partial charge in [-0.15, -0.1) is 11.3 Å². The summed E-state index contributed by atoms with van der Waals surface area (Å²) in [5.74, 6) is 1.51. The van der Waals surface area contributed by atoms with E-state index in [9.17, 15) is 4.79 Å². The Bertz CT molecular complexity index is 1250. The van der Waals surface area contributed by atoms with E-state index >= 15 is 0 Å². The van der Waals surface area contributed by atoms with E-state index in [1.807, 2.05) is 38.1 Å². The molecule has 7 heteroatoms. The molecule has 1 aliphatic carbocycles. The minimum atomic E-state index is -0.113. The van der Waals surface area contributed by atoms with Crippen molar-refractivity contribution in [2.45, 2.75) is 39.5 Å². The fourth-order valence-electron chi connectivity index (χ4n) is 4.37. The van der Waals surface area contributed by atoms with Gasteiger partial charge < -0.3 is 19.5 Å². The number of anilines is 1. The van der Waals surface area contributed by atoms with E-state index in [0.717, 1.165) is 53.6 Å². The topological polar surface area (TPSA) is 69.2 Å². The normalized spacial score (nSPS) is 13.0. The number of nitrogens with one attached hydrogen (secondary N) is 1. The first kappa shape index (κ1) is 23.8. The van der Waals surface area contributed by atoms with Crippen molar-refractivity contribution in [2.75, 3.05) is 26.6 Å². The van der Waals surface area contributed by atoms with E-state index in [1.54, 1.807) is 38.9 Å². The van der Waals surface area contributed by atoms with E-state index in [0.29, 0.717) is 27.8 Å². The van der Waals surface area contributed by atoms with Gasteiger partial charge in [-0.05, 0) is 68.9 Å². The number of methoxy groups -OCH3 is 3. The van der Waals surface area contributed by atoms with Crippen molar-refractivity contribution in [3.05, 3.63) is 63.0 Å². The number of benzene rings is 2. The second kappa shape index (κ2) is 10.3. The van der Waals surface area contributed by atoms with Crippen molar-refractivity contribution in [3.63, 3.8) is 0 Å². The van der Waals surface area contributed by atoms with Crippen molar-refractivity contribution >= 4 is 34.1 Å². The number of nitrogens with zero attached hydrogens (tertiary/aromatic N) is 1. The number of aryl methyl sites for hydroxylation is 3. The molecule has 1 amide bonds. The fourth-order valence-corrected chi connectivity index (χ4v) is 5.60. The molecule has 34 heavy (non-hydrogen) atoms. The summed E-state index contributed by atoms with van der Waals surface area (Å²) < 4.78 is 16.5. The van der Waals surface area contributed by atoms with Gasteiger partial charge in [-0.3, -0.25) is 4.79 Å². The third-order valence-electron chi connectivity index (χ3n) is 6.07. The molecule has 0 saturated heterocycles. The number of fused-ring (bicyclic) bond motifs is 1. The summed E-state index contributed by atoms with van der Waals surface area (Å²) in [4.78, 5) is 19.5. The zero-order valence-electron chi connectivity index (χ0n) is 20.3. The molecule has 6 nitrogen and oxygen atoms in total. The largest absolute Gasteiger partial charge is 0.493 e.